The maximum Gasteiger partial charge on any atom is 0.358 e. The molecule has 1 aromatic heterocycles. The van der Waals surface area contributed by atoms with Crippen molar-refractivity contribution in [3.05, 3.63) is 46.7 Å². The van der Waals surface area contributed by atoms with Crippen molar-refractivity contribution in [2.75, 3.05) is 11.5 Å². The quantitative estimate of drug-likeness (QED) is 0.493. The molecule has 1 N–H and O–H groups in total. The van der Waals surface area contributed by atoms with Gasteiger partial charge in [0.15, 0.2) is 5.69 Å². The van der Waals surface area contributed by atoms with Crippen molar-refractivity contribution >= 4 is 35.1 Å². The van der Waals surface area contributed by atoms with Crippen molar-refractivity contribution in [3.63, 3.8) is 0 Å². The van der Waals surface area contributed by atoms with E-state index < -0.39 is 17.4 Å². The Morgan fingerprint density at radius 2 is 1.88 bits per heavy atom. The molecule has 3 rings (SSSR count). The minimum atomic E-state index is -1.27. The molecule has 1 aliphatic heterocycles. The number of halogens is 1. The highest BCUT2D eigenvalue weighted by Gasteiger charge is 2.49. The SMILES string of the molecule is CCCCC(CCC)NC(=O)C1(C)Cn2nc(C(=O)OCC)cc2C(=O)N1c1ccc(Cl)cc1. The van der Waals surface area contributed by atoms with Gasteiger partial charge in [0.05, 0.1) is 13.2 Å². The van der Waals surface area contributed by atoms with Gasteiger partial charge in [-0.05, 0) is 51.0 Å². The highest BCUT2D eigenvalue weighted by atomic mass is 35.5. The second-order valence-corrected chi connectivity index (χ2v) is 9.22. The van der Waals surface area contributed by atoms with Gasteiger partial charge in [-0.25, -0.2) is 4.79 Å². The third kappa shape index (κ3) is 5.27. The van der Waals surface area contributed by atoms with E-state index in [-0.39, 0.29) is 36.5 Å². The number of fused-ring (bicyclic) bond motifs is 1. The van der Waals surface area contributed by atoms with Gasteiger partial charge in [0.2, 0.25) is 5.91 Å². The molecule has 1 aromatic carbocycles. The molecule has 0 radical (unpaired) electrons. The number of carbonyl (C=O) groups excluding carboxylic acids is 3. The molecule has 2 heterocycles. The number of anilines is 1. The summed E-state index contributed by atoms with van der Waals surface area (Å²) in [5.41, 5.74) is -0.469. The van der Waals surface area contributed by atoms with Gasteiger partial charge >= 0.3 is 5.97 Å². The molecule has 184 valence electrons. The van der Waals surface area contributed by atoms with Crippen molar-refractivity contribution in [1.29, 1.82) is 0 Å². The Morgan fingerprint density at radius 3 is 2.50 bits per heavy atom. The summed E-state index contributed by atoms with van der Waals surface area (Å²) >= 11 is 6.07. The second-order valence-electron chi connectivity index (χ2n) is 8.79. The molecule has 0 saturated carbocycles. The lowest BCUT2D eigenvalue weighted by atomic mass is 9.92. The zero-order valence-corrected chi connectivity index (χ0v) is 21.0. The van der Waals surface area contributed by atoms with Crippen LogP contribution in [0.2, 0.25) is 5.02 Å². The summed E-state index contributed by atoms with van der Waals surface area (Å²) in [6.45, 7) is 7.93. The van der Waals surface area contributed by atoms with E-state index in [0.29, 0.717) is 10.7 Å². The van der Waals surface area contributed by atoms with Crippen molar-refractivity contribution in [2.24, 2.45) is 0 Å². The van der Waals surface area contributed by atoms with E-state index in [4.69, 9.17) is 16.3 Å². The average molecular weight is 489 g/mol. The van der Waals surface area contributed by atoms with Crippen LogP contribution >= 0.6 is 11.6 Å². The third-order valence-corrected chi connectivity index (χ3v) is 6.34. The minimum Gasteiger partial charge on any atom is -0.461 e. The largest absolute Gasteiger partial charge is 0.461 e. The molecule has 0 fully saturated rings. The molecule has 1 aliphatic rings. The zero-order chi connectivity index (χ0) is 24.9. The summed E-state index contributed by atoms with van der Waals surface area (Å²) in [7, 11) is 0. The normalized spacial score (nSPS) is 18.4. The number of amides is 2. The van der Waals surface area contributed by atoms with Crippen LogP contribution in [0.1, 0.15) is 80.8 Å². The van der Waals surface area contributed by atoms with E-state index in [1.807, 2.05) is 0 Å². The molecule has 34 heavy (non-hydrogen) atoms. The second kappa shape index (κ2) is 11.0. The number of esters is 1. The topological polar surface area (TPSA) is 93.5 Å². The maximum absolute atomic E-state index is 13.8. The van der Waals surface area contributed by atoms with Crippen molar-refractivity contribution in [1.82, 2.24) is 15.1 Å². The molecule has 8 nitrogen and oxygen atoms in total. The Hall–Kier alpha value is -2.87. The number of unbranched alkanes of at least 4 members (excludes halogenated alkanes) is 1. The van der Waals surface area contributed by atoms with E-state index in [2.05, 4.69) is 24.3 Å². The third-order valence-electron chi connectivity index (χ3n) is 6.09. The predicted molar refractivity (Wildman–Crippen MR) is 131 cm³/mol. The lowest BCUT2D eigenvalue weighted by molar-refractivity contribution is -0.127. The van der Waals surface area contributed by atoms with Gasteiger partial charge in [-0.1, -0.05) is 44.7 Å². The predicted octanol–water partition coefficient (Wildman–Crippen LogP) is 4.61. The van der Waals surface area contributed by atoms with Crippen molar-refractivity contribution in [2.45, 2.75) is 77.9 Å². The molecular weight excluding hydrogens is 456 g/mol. The van der Waals surface area contributed by atoms with Crippen LogP contribution in [0.5, 0.6) is 0 Å². The first kappa shape index (κ1) is 25.7. The lowest BCUT2D eigenvalue weighted by Crippen LogP contribution is -2.65. The Morgan fingerprint density at radius 1 is 1.18 bits per heavy atom. The summed E-state index contributed by atoms with van der Waals surface area (Å²) in [6, 6.07) is 8.22. The van der Waals surface area contributed by atoms with Crippen LogP contribution in [0.15, 0.2) is 30.3 Å². The molecule has 0 aliphatic carbocycles. The van der Waals surface area contributed by atoms with Gasteiger partial charge in [-0.2, -0.15) is 5.10 Å². The van der Waals surface area contributed by atoms with Crippen LogP contribution in [0.3, 0.4) is 0 Å². The first-order valence-corrected chi connectivity index (χ1v) is 12.3. The van der Waals surface area contributed by atoms with Crippen LogP contribution in [-0.4, -0.2) is 45.8 Å². The minimum absolute atomic E-state index is 0.0190. The Bertz CT molecular complexity index is 1040. The fourth-order valence-corrected chi connectivity index (χ4v) is 4.44. The molecule has 0 saturated heterocycles. The fraction of sp³-hybridized carbons (Fsp3) is 0.520. The lowest BCUT2D eigenvalue weighted by Gasteiger charge is -2.43. The summed E-state index contributed by atoms with van der Waals surface area (Å²) < 4.78 is 6.48. The maximum atomic E-state index is 13.8. The van der Waals surface area contributed by atoms with Crippen LogP contribution < -0.4 is 10.2 Å². The number of ether oxygens (including phenoxy) is 1. The Balaban J connectivity index is 2.03. The number of rotatable bonds is 10. The standard InChI is InChI=1S/C25H33ClN4O4/c1-5-8-10-18(9-6-2)27-24(33)25(4)16-29-21(15-20(28-29)23(32)34-7-3)22(31)30(25)19-13-11-17(26)12-14-19/h11-15,18H,5-10,16H2,1-4H3,(H,27,33). The number of nitrogens with one attached hydrogen (secondary N) is 1. The summed E-state index contributed by atoms with van der Waals surface area (Å²) in [4.78, 5) is 41.2. The summed E-state index contributed by atoms with van der Waals surface area (Å²) in [6.07, 6.45) is 4.72. The van der Waals surface area contributed by atoms with Gasteiger partial charge in [-0.3, -0.25) is 19.2 Å². The number of carbonyl (C=O) groups is 3. The van der Waals surface area contributed by atoms with E-state index in [1.165, 1.54) is 15.6 Å². The molecule has 0 bridgehead atoms. The molecule has 0 spiro atoms. The number of hydrogen-bond acceptors (Lipinski definition) is 5. The molecule has 2 aromatic rings. The van der Waals surface area contributed by atoms with E-state index >= 15 is 0 Å². The van der Waals surface area contributed by atoms with Gasteiger partial charge < -0.3 is 10.1 Å². The average Bonchev–Trinajstić information content (AvgIpc) is 3.23. The van der Waals surface area contributed by atoms with Crippen LogP contribution in [0.4, 0.5) is 5.69 Å². The number of nitrogens with zero attached hydrogens (tertiary/aromatic N) is 3. The summed E-state index contributed by atoms with van der Waals surface area (Å²) in [5, 5.41) is 8.01. The molecule has 2 amide bonds. The highest BCUT2D eigenvalue weighted by molar-refractivity contribution is 6.30. The van der Waals surface area contributed by atoms with E-state index in [9.17, 15) is 14.4 Å². The Labute approximate surface area is 205 Å². The van der Waals surface area contributed by atoms with Gasteiger partial charge in [0, 0.05) is 22.8 Å². The summed E-state index contributed by atoms with van der Waals surface area (Å²) in [5.74, 6) is -1.29. The molecular formula is C25H33ClN4O4. The van der Waals surface area contributed by atoms with Crippen molar-refractivity contribution < 1.29 is 19.1 Å². The number of hydrogen-bond donors (Lipinski definition) is 1. The van der Waals surface area contributed by atoms with Crippen molar-refractivity contribution in [3.8, 4) is 0 Å². The van der Waals surface area contributed by atoms with Crippen LogP contribution in [0.25, 0.3) is 0 Å². The highest BCUT2D eigenvalue weighted by Crippen LogP contribution is 2.34. The van der Waals surface area contributed by atoms with Gasteiger partial charge in [-0.15, -0.1) is 0 Å². The first-order chi connectivity index (χ1) is 16.2. The Kier molecular flexibility index (Phi) is 8.36. The van der Waals surface area contributed by atoms with E-state index in [1.54, 1.807) is 38.1 Å². The van der Waals surface area contributed by atoms with Gasteiger partial charge in [0.1, 0.15) is 11.2 Å². The fourth-order valence-electron chi connectivity index (χ4n) is 4.31. The smallest absolute Gasteiger partial charge is 0.358 e. The number of aromatic nitrogens is 2. The molecule has 9 heteroatoms. The molecule has 2 unspecified atom stereocenters. The first-order valence-electron chi connectivity index (χ1n) is 11.9. The van der Waals surface area contributed by atoms with E-state index in [0.717, 1.165) is 32.1 Å². The van der Waals surface area contributed by atoms with Gasteiger partial charge in [0.25, 0.3) is 5.91 Å². The number of benzene rings is 1. The monoisotopic (exact) mass is 488 g/mol. The zero-order valence-electron chi connectivity index (χ0n) is 20.3. The van der Waals surface area contributed by atoms with Crippen LogP contribution in [-0.2, 0) is 16.1 Å². The molecule has 2 atom stereocenters. The van der Waals surface area contributed by atoms with Crippen LogP contribution in [0, 0.1) is 0 Å².